The fourth-order valence-electron chi connectivity index (χ4n) is 2.06. The molecule has 0 saturated heterocycles. The van der Waals surface area contributed by atoms with Gasteiger partial charge in [-0.05, 0) is 18.2 Å². The number of rotatable bonds is 3. The van der Waals surface area contributed by atoms with Gasteiger partial charge >= 0.3 is 0 Å². The summed E-state index contributed by atoms with van der Waals surface area (Å²) >= 11 is 0. The number of aromatic nitrogens is 1. The molecule has 0 unspecified atom stereocenters. The van der Waals surface area contributed by atoms with Gasteiger partial charge in [0.25, 0.3) is 0 Å². The van der Waals surface area contributed by atoms with E-state index in [1.165, 1.54) is 13.3 Å². The third kappa shape index (κ3) is 2.18. The summed E-state index contributed by atoms with van der Waals surface area (Å²) in [5, 5.41) is 0. The van der Waals surface area contributed by atoms with E-state index in [9.17, 15) is 4.79 Å². The Morgan fingerprint density at radius 3 is 2.95 bits per heavy atom. The van der Waals surface area contributed by atoms with Crippen molar-refractivity contribution >= 4 is 5.78 Å². The van der Waals surface area contributed by atoms with Crippen LogP contribution in [0.1, 0.15) is 15.9 Å². The van der Waals surface area contributed by atoms with Gasteiger partial charge in [0, 0.05) is 11.8 Å². The first kappa shape index (κ1) is 12.5. The van der Waals surface area contributed by atoms with Crippen molar-refractivity contribution in [3.8, 4) is 17.2 Å². The smallest absolute Gasteiger partial charge is 0.198 e. The molecule has 5 heteroatoms. The van der Waals surface area contributed by atoms with E-state index in [0.29, 0.717) is 41.6 Å². The van der Waals surface area contributed by atoms with Crippen LogP contribution in [0, 0.1) is 0 Å². The number of ketones is 1. The van der Waals surface area contributed by atoms with Gasteiger partial charge in [0.2, 0.25) is 0 Å². The molecule has 2 aromatic rings. The summed E-state index contributed by atoms with van der Waals surface area (Å²) in [6, 6.07) is 6.93. The van der Waals surface area contributed by atoms with E-state index in [1.807, 2.05) is 0 Å². The zero-order valence-electron chi connectivity index (χ0n) is 11.0. The molecule has 5 nitrogen and oxygen atoms in total. The normalized spacial score (nSPS) is 12.8. The lowest BCUT2D eigenvalue weighted by Gasteiger charge is -2.20. The molecule has 1 aromatic heterocycles. The van der Waals surface area contributed by atoms with Crippen LogP contribution in [-0.2, 0) is 0 Å². The van der Waals surface area contributed by atoms with Crippen LogP contribution in [0.3, 0.4) is 0 Å². The molecule has 0 N–H and O–H groups in total. The number of methoxy groups -OCH3 is 1. The molecular weight excluding hydrogens is 258 g/mol. The van der Waals surface area contributed by atoms with Gasteiger partial charge in [-0.25, -0.2) is 0 Å². The third-order valence-corrected chi connectivity index (χ3v) is 3.02. The number of benzene rings is 1. The summed E-state index contributed by atoms with van der Waals surface area (Å²) in [7, 11) is 1.53. The van der Waals surface area contributed by atoms with Gasteiger partial charge in [-0.2, -0.15) is 0 Å². The van der Waals surface area contributed by atoms with Crippen molar-refractivity contribution in [3.63, 3.8) is 0 Å². The number of pyridine rings is 1. The van der Waals surface area contributed by atoms with Crippen LogP contribution in [0.2, 0.25) is 0 Å². The highest BCUT2D eigenvalue weighted by molar-refractivity contribution is 6.11. The molecule has 0 spiro atoms. The highest BCUT2D eigenvalue weighted by Gasteiger charge is 2.21. The Morgan fingerprint density at radius 1 is 1.25 bits per heavy atom. The average Bonchev–Trinajstić information content (AvgIpc) is 2.53. The van der Waals surface area contributed by atoms with Crippen molar-refractivity contribution < 1.29 is 19.0 Å². The number of ether oxygens (including phenoxy) is 3. The molecule has 0 bridgehead atoms. The molecule has 0 amide bonds. The van der Waals surface area contributed by atoms with E-state index in [-0.39, 0.29) is 5.78 Å². The molecule has 2 heterocycles. The molecule has 0 radical (unpaired) electrons. The molecule has 0 atom stereocenters. The second-order valence-corrected chi connectivity index (χ2v) is 4.27. The van der Waals surface area contributed by atoms with E-state index in [2.05, 4.69) is 4.98 Å². The minimum absolute atomic E-state index is 0.168. The zero-order chi connectivity index (χ0) is 13.9. The maximum atomic E-state index is 12.6. The highest BCUT2D eigenvalue weighted by Crippen LogP contribution is 2.34. The van der Waals surface area contributed by atoms with E-state index in [4.69, 9.17) is 14.2 Å². The van der Waals surface area contributed by atoms with Gasteiger partial charge in [-0.15, -0.1) is 0 Å². The average molecular weight is 271 g/mol. The van der Waals surface area contributed by atoms with Crippen molar-refractivity contribution in [2.45, 2.75) is 0 Å². The van der Waals surface area contributed by atoms with E-state index in [1.54, 1.807) is 30.5 Å². The molecule has 0 fully saturated rings. The number of hydrogen-bond acceptors (Lipinski definition) is 5. The van der Waals surface area contributed by atoms with Gasteiger partial charge in [0.1, 0.15) is 19.0 Å². The van der Waals surface area contributed by atoms with Gasteiger partial charge in [0.05, 0.1) is 18.9 Å². The largest absolute Gasteiger partial charge is 0.495 e. The Kier molecular flexibility index (Phi) is 3.25. The van der Waals surface area contributed by atoms with Crippen molar-refractivity contribution in [3.05, 3.63) is 47.8 Å². The van der Waals surface area contributed by atoms with Crippen molar-refractivity contribution in [2.24, 2.45) is 0 Å². The second kappa shape index (κ2) is 5.21. The van der Waals surface area contributed by atoms with Gasteiger partial charge in [-0.3, -0.25) is 9.78 Å². The van der Waals surface area contributed by atoms with Crippen LogP contribution in [0.4, 0.5) is 0 Å². The maximum Gasteiger partial charge on any atom is 0.198 e. The fraction of sp³-hybridized carbons (Fsp3) is 0.200. The number of carbonyl (C=O) groups is 1. The molecule has 20 heavy (non-hydrogen) atoms. The Bertz CT molecular complexity index is 654. The van der Waals surface area contributed by atoms with Crippen LogP contribution in [0.25, 0.3) is 0 Å². The van der Waals surface area contributed by atoms with Gasteiger partial charge in [-0.1, -0.05) is 6.07 Å². The summed E-state index contributed by atoms with van der Waals surface area (Å²) < 4.78 is 16.1. The number of hydrogen-bond donors (Lipinski definition) is 0. The molecule has 0 saturated carbocycles. The number of fused-ring (bicyclic) bond motifs is 1. The Hall–Kier alpha value is -2.56. The Labute approximate surface area is 116 Å². The predicted molar refractivity (Wildman–Crippen MR) is 71.7 cm³/mol. The molecule has 1 aliphatic rings. The SMILES string of the molecule is COc1cncc(C(=O)c2cccc3c2OCCO3)c1. The maximum absolute atomic E-state index is 12.6. The number of carbonyl (C=O) groups excluding carboxylic acids is 1. The first-order chi connectivity index (χ1) is 9.79. The Balaban J connectivity index is 2.02. The fourth-order valence-corrected chi connectivity index (χ4v) is 2.06. The lowest BCUT2D eigenvalue weighted by Crippen LogP contribution is -2.18. The lowest BCUT2D eigenvalue weighted by atomic mass is 10.0. The van der Waals surface area contributed by atoms with E-state index >= 15 is 0 Å². The van der Waals surface area contributed by atoms with Crippen LogP contribution in [0.15, 0.2) is 36.7 Å². The third-order valence-electron chi connectivity index (χ3n) is 3.02. The van der Waals surface area contributed by atoms with Crippen molar-refractivity contribution in [1.82, 2.24) is 4.98 Å². The van der Waals surface area contributed by atoms with Crippen LogP contribution >= 0.6 is 0 Å². The molecule has 3 rings (SSSR count). The minimum Gasteiger partial charge on any atom is -0.495 e. The standard InChI is InChI=1S/C15H13NO4/c1-18-11-7-10(8-16-9-11)14(17)12-3-2-4-13-15(12)20-6-5-19-13/h2-4,7-9H,5-6H2,1H3. The second-order valence-electron chi connectivity index (χ2n) is 4.27. The van der Waals surface area contributed by atoms with Crippen molar-refractivity contribution in [2.75, 3.05) is 20.3 Å². The predicted octanol–water partition coefficient (Wildman–Crippen LogP) is 2.09. The number of para-hydroxylation sites is 1. The monoisotopic (exact) mass is 271 g/mol. The topological polar surface area (TPSA) is 57.7 Å². The lowest BCUT2D eigenvalue weighted by molar-refractivity contribution is 0.102. The molecular formula is C15H13NO4. The molecule has 102 valence electrons. The summed E-state index contributed by atoms with van der Waals surface area (Å²) in [6.07, 6.45) is 3.06. The summed E-state index contributed by atoms with van der Waals surface area (Å²) in [6.45, 7) is 0.930. The van der Waals surface area contributed by atoms with Crippen LogP contribution in [0.5, 0.6) is 17.2 Å². The summed E-state index contributed by atoms with van der Waals surface area (Å²) in [5.74, 6) is 1.46. The summed E-state index contributed by atoms with van der Waals surface area (Å²) in [4.78, 5) is 16.6. The Morgan fingerprint density at radius 2 is 2.10 bits per heavy atom. The van der Waals surface area contributed by atoms with Crippen LogP contribution < -0.4 is 14.2 Å². The van der Waals surface area contributed by atoms with Gasteiger partial charge < -0.3 is 14.2 Å². The highest BCUT2D eigenvalue weighted by atomic mass is 16.6. The van der Waals surface area contributed by atoms with Crippen LogP contribution in [-0.4, -0.2) is 31.1 Å². The number of nitrogens with zero attached hydrogens (tertiary/aromatic N) is 1. The molecule has 1 aromatic carbocycles. The molecule has 0 aliphatic carbocycles. The van der Waals surface area contributed by atoms with E-state index < -0.39 is 0 Å². The minimum atomic E-state index is -0.168. The zero-order valence-corrected chi connectivity index (χ0v) is 11.0. The van der Waals surface area contributed by atoms with E-state index in [0.717, 1.165) is 0 Å². The quantitative estimate of drug-likeness (QED) is 0.800. The first-order valence-corrected chi connectivity index (χ1v) is 6.22. The van der Waals surface area contributed by atoms with Crippen molar-refractivity contribution in [1.29, 1.82) is 0 Å². The first-order valence-electron chi connectivity index (χ1n) is 6.22. The van der Waals surface area contributed by atoms with Gasteiger partial charge in [0.15, 0.2) is 17.3 Å². The molecule has 1 aliphatic heterocycles. The summed E-state index contributed by atoms with van der Waals surface area (Å²) in [5.41, 5.74) is 0.921.